The van der Waals surface area contributed by atoms with Gasteiger partial charge in [0.15, 0.2) is 6.17 Å². The number of para-hydroxylation sites is 1. The highest BCUT2D eigenvalue weighted by atomic mass is 19.1. The average molecular weight is 308 g/mol. The van der Waals surface area contributed by atoms with Crippen LogP contribution in [0.15, 0.2) is 71.3 Å². The van der Waals surface area contributed by atoms with Crippen molar-refractivity contribution in [2.24, 2.45) is 0 Å². The number of carbonyl (C=O) groups excluding carboxylic acids is 1. The van der Waals surface area contributed by atoms with Gasteiger partial charge in [0, 0.05) is 11.4 Å². The Balaban J connectivity index is 1.85. The molecular formula is C18H13FN2O2. The highest BCUT2D eigenvalue weighted by molar-refractivity contribution is 6.12. The van der Waals surface area contributed by atoms with E-state index in [1.807, 2.05) is 18.2 Å². The topological polar surface area (TPSA) is 45.5 Å². The summed E-state index contributed by atoms with van der Waals surface area (Å²) < 4.78 is 18.7. The molecule has 4 nitrogen and oxygen atoms in total. The number of rotatable bonds is 2. The van der Waals surface area contributed by atoms with Gasteiger partial charge in [-0.1, -0.05) is 12.1 Å². The van der Waals surface area contributed by atoms with Crippen molar-refractivity contribution in [3.63, 3.8) is 0 Å². The molecule has 1 amide bonds. The van der Waals surface area contributed by atoms with E-state index >= 15 is 0 Å². The fourth-order valence-corrected chi connectivity index (χ4v) is 2.77. The quantitative estimate of drug-likeness (QED) is 0.772. The van der Waals surface area contributed by atoms with Crippen LogP contribution >= 0.6 is 0 Å². The second kappa shape index (κ2) is 5.28. The molecule has 0 saturated carbocycles. The van der Waals surface area contributed by atoms with Crippen LogP contribution in [0.3, 0.4) is 0 Å². The lowest BCUT2D eigenvalue weighted by Gasteiger charge is -2.36. The summed E-state index contributed by atoms with van der Waals surface area (Å²) in [5, 5.41) is 3.31. The largest absolute Gasteiger partial charge is 0.465 e. The molecule has 0 fully saturated rings. The van der Waals surface area contributed by atoms with Gasteiger partial charge in [-0.25, -0.2) is 4.39 Å². The van der Waals surface area contributed by atoms with Gasteiger partial charge in [-0.05, 0) is 48.5 Å². The summed E-state index contributed by atoms with van der Waals surface area (Å²) in [5.74, 6) is 0.102. The molecule has 0 unspecified atom stereocenters. The Morgan fingerprint density at radius 3 is 2.52 bits per heavy atom. The van der Waals surface area contributed by atoms with Crippen LogP contribution in [0.4, 0.5) is 15.8 Å². The van der Waals surface area contributed by atoms with E-state index in [0.717, 1.165) is 5.69 Å². The number of hydrogen-bond acceptors (Lipinski definition) is 3. The van der Waals surface area contributed by atoms with E-state index in [0.29, 0.717) is 17.0 Å². The maximum Gasteiger partial charge on any atom is 0.262 e. The van der Waals surface area contributed by atoms with E-state index in [-0.39, 0.29) is 11.7 Å². The predicted octanol–water partition coefficient (Wildman–Crippen LogP) is 4.19. The van der Waals surface area contributed by atoms with E-state index in [4.69, 9.17) is 4.42 Å². The third kappa shape index (κ3) is 2.26. The molecule has 1 aromatic heterocycles. The molecule has 114 valence electrons. The molecule has 1 aliphatic heterocycles. The number of hydrogen-bond donors (Lipinski definition) is 1. The van der Waals surface area contributed by atoms with Crippen LogP contribution in [0.1, 0.15) is 22.3 Å². The number of benzene rings is 2. The van der Waals surface area contributed by atoms with Crippen molar-refractivity contribution in [1.29, 1.82) is 0 Å². The maximum atomic E-state index is 13.2. The first-order chi connectivity index (χ1) is 11.2. The molecule has 0 bridgehead atoms. The highest BCUT2D eigenvalue weighted by Gasteiger charge is 2.35. The molecule has 3 aromatic rings. The number of furan rings is 1. The summed E-state index contributed by atoms with van der Waals surface area (Å²) >= 11 is 0. The Kier molecular flexibility index (Phi) is 3.12. The molecule has 23 heavy (non-hydrogen) atoms. The van der Waals surface area contributed by atoms with Crippen molar-refractivity contribution >= 4 is 17.3 Å². The first kappa shape index (κ1) is 13.6. The Bertz CT molecular complexity index is 844. The standard InChI is InChI=1S/C18H13FN2O2/c19-12-7-9-13(10-8-12)21-17(16-6-3-11-23-16)20-15-5-2-1-4-14(15)18(21)22/h1-11,17,20H/t17-/m0/s1. The van der Waals surface area contributed by atoms with Gasteiger partial charge >= 0.3 is 0 Å². The first-order valence-electron chi connectivity index (χ1n) is 7.22. The molecule has 2 aromatic carbocycles. The molecule has 0 aliphatic carbocycles. The van der Waals surface area contributed by atoms with Gasteiger partial charge in [-0.2, -0.15) is 0 Å². The zero-order valence-electron chi connectivity index (χ0n) is 12.1. The Morgan fingerprint density at radius 1 is 1.00 bits per heavy atom. The van der Waals surface area contributed by atoms with Gasteiger partial charge in [0.2, 0.25) is 0 Å². The number of anilines is 2. The van der Waals surface area contributed by atoms with Crippen molar-refractivity contribution in [2.75, 3.05) is 10.2 Å². The van der Waals surface area contributed by atoms with Crippen molar-refractivity contribution in [1.82, 2.24) is 0 Å². The van der Waals surface area contributed by atoms with Gasteiger partial charge < -0.3 is 9.73 Å². The minimum Gasteiger partial charge on any atom is -0.465 e. The van der Waals surface area contributed by atoms with E-state index in [2.05, 4.69) is 5.32 Å². The Hall–Kier alpha value is -3.08. The minimum atomic E-state index is -0.488. The van der Waals surface area contributed by atoms with E-state index in [1.54, 1.807) is 41.5 Å². The fraction of sp³-hybridized carbons (Fsp3) is 0.0556. The van der Waals surface area contributed by atoms with Gasteiger partial charge in [-0.3, -0.25) is 9.69 Å². The lowest BCUT2D eigenvalue weighted by atomic mass is 10.1. The van der Waals surface area contributed by atoms with Gasteiger partial charge in [0.05, 0.1) is 11.8 Å². The minimum absolute atomic E-state index is 0.160. The molecule has 1 N–H and O–H groups in total. The summed E-state index contributed by atoms with van der Waals surface area (Å²) in [4.78, 5) is 14.5. The Morgan fingerprint density at radius 2 is 1.78 bits per heavy atom. The molecule has 1 aliphatic rings. The zero-order valence-corrected chi connectivity index (χ0v) is 12.1. The summed E-state index contributed by atoms with van der Waals surface area (Å²) in [6.07, 6.45) is 1.07. The molecule has 4 rings (SSSR count). The third-order valence-electron chi connectivity index (χ3n) is 3.84. The zero-order chi connectivity index (χ0) is 15.8. The lowest BCUT2D eigenvalue weighted by Crippen LogP contribution is -2.43. The predicted molar refractivity (Wildman–Crippen MR) is 84.7 cm³/mol. The fourth-order valence-electron chi connectivity index (χ4n) is 2.77. The molecular weight excluding hydrogens is 295 g/mol. The second-order valence-corrected chi connectivity index (χ2v) is 5.26. The monoisotopic (exact) mass is 308 g/mol. The van der Waals surface area contributed by atoms with Crippen LogP contribution in [0, 0.1) is 5.82 Å². The van der Waals surface area contributed by atoms with Gasteiger partial charge in [-0.15, -0.1) is 0 Å². The SMILES string of the molecule is O=C1c2ccccc2N[C@H](c2ccco2)N1c1ccc(F)cc1. The molecule has 5 heteroatoms. The molecule has 0 spiro atoms. The maximum absolute atomic E-state index is 13.2. The van der Waals surface area contributed by atoms with Crippen molar-refractivity contribution in [2.45, 2.75) is 6.17 Å². The molecule has 1 atom stereocenters. The van der Waals surface area contributed by atoms with Crippen molar-refractivity contribution < 1.29 is 13.6 Å². The third-order valence-corrected chi connectivity index (χ3v) is 3.84. The molecule has 0 radical (unpaired) electrons. The van der Waals surface area contributed by atoms with Crippen LogP contribution in [-0.2, 0) is 0 Å². The van der Waals surface area contributed by atoms with E-state index < -0.39 is 6.17 Å². The normalized spacial score (nSPS) is 16.8. The number of fused-ring (bicyclic) bond motifs is 1. The number of nitrogens with one attached hydrogen (secondary N) is 1. The first-order valence-corrected chi connectivity index (χ1v) is 7.22. The van der Waals surface area contributed by atoms with Crippen molar-refractivity contribution in [3.8, 4) is 0 Å². The Labute approximate surface area is 132 Å². The van der Waals surface area contributed by atoms with E-state index in [1.165, 1.54) is 12.1 Å². The van der Waals surface area contributed by atoms with Crippen molar-refractivity contribution in [3.05, 3.63) is 84.1 Å². The van der Waals surface area contributed by atoms with Crippen LogP contribution < -0.4 is 10.2 Å². The van der Waals surface area contributed by atoms with Crippen LogP contribution in [0.25, 0.3) is 0 Å². The van der Waals surface area contributed by atoms with Crippen LogP contribution in [0.2, 0.25) is 0 Å². The number of halogens is 1. The van der Waals surface area contributed by atoms with Crippen LogP contribution in [-0.4, -0.2) is 5.91 Å². The van der Waals surface area contributed by atoms with Gasteiger partial charge in [0.25, 0.3) is 5.91 Å². The highest BCUT2D eigenvalue weighted by Crippen LogP contribution is 2.36. The molecule has 0 saturated heterocycles. The number of amides is 1. The molecule has 2 heterocycles. The summed E-state index contributed by atoms with van der Waals surface area (Å²) in [6, 6.07) is 16.7. The summed E-state index contributed by atoms with van der Waals surface area (Å²) in [5.41, 5.74) is 1.91. The van der Waals surface area contributed by atoms with Gasteiger partial charge in [0.1, 0.15) is 11.6 Å². The second-order valence-electron chi connectivity index (χ2n) is 5.26. The number of carbonyl (C=O) groups is 1. The van der Waals surface area contributed by atoms with Crippen LogP contribution in [0.5, 0.6) is 0 Å². The smallest absolute Gasteiger partial charge is 0.262 e. The average Bonchev–Trinajstić information content (AvgIpc) is 3.10. The summed E-state index contributed by atoms with van der Waals surface area (Å²) in [6.45, 7) is 0. The van der Waals surface area contributed by atoms with E-state index in [9.17, 15) is 9.18 Å². The lowest BCUT2D eigenvalue weighted by molar-refractivity contribution is 0.0971. The summed E-state index contributed by atoms with van der Waals surface area (Å²) in [7, 11) is 0. The number of nitrogens with zero attached hydrogens (tertiary/aromatic N) is 1.